The van der Waals surface area contributed by atoms with Gasteiger partial charge in [0, 0.05) is 41.8 Å². The molecule has 0 saturated carbocycles. The third-order valence-corrected chi connectivity index (χ3v) is 4.13. The van der Waals surface area contributed by atoms with E-state index in [4.69, 9.17) is 5.11 Å². The van der Waals surface area contributed by atoms with Gasteiger partial charge in [0.15, 0.2) is 0 Å². The Labute approximate surface area is 129 Å². The SMILES string of the molecule is CC(CCS(C)=O)NC(=O)NCCC(C)(C)CCC(=O)O. The lowest BCUT2D eigenvalue weighted by atomic mass is 9.84. The van der Waals surface area contributed by atoms with E-state index < -0.39 is 16.8 Å². The summed E-state index contributed by atoms with van der Waals surface area (Å²) in [5.74, 6) is -0.222. The minimum Gasteiger partial charge on any atom is -0.481 e. The molecule has 6 nitrogen and oxygen atoms in total. The van der Waals surface area contributed by atoms with Gasteiger partial charge in [-0.1, -0.05) is 13.8 Å². The van der Waals surface area contributed by atoms with Crippen LogP contribution in [0.5, 0.6) is 0 Å². The van der Waals surface area contributed by atoms with Crippen LogP contribution in [0.1, 0.15) is 46.5 Å². The van der Waals surface area contributed by atoms with E-state index in [-0.39, 0.29) is 23.9 Å². The van der Waals surface area contributed by atoms with Gasteiger partial charge in [-0.15, -0.1) is 0 Å². The van der Waals surface area contributed by atoms with Gasteiger partial charge in [0.2, 0.25) is 0 Å². The summed E-state index contributed by atoms with van der Waals surface area (Å²) in [5, 5.41) is 14.2. The summed E-state index contributed by atoms with van der Waals surface area (Å²) in [6, 6.07) is -0.257. The second-order valence-electron chi connectivity index (χ2n) is 6.18. The van der Waals surface area contributed by atoms with Crippen molar-refractivity contribution in [2.45, 2.75) is 52.5 Å². The van der Waals surface area contributed by atoms with E-state index in [1.807, 2.05) is 20.8 Å². The minimum absolute atomic E-state index is 0.0195. The first-order chi connectivity index (χ1) is 9.62. The molecule has 2 unspecified atom stereocenters. The van der Waals surface area contributed by atoms with Gasteiger partial charge in [-0.05, 0) is 31.6 Å². The number of carboxylic acids is 1. The summed E-state index contributed by atoms with van der Waals surface area (Å²) < 4.78 is 11.0. The molecule has 7 heteroatoms. The highest BCUT2D eigenvalue weighted by molar-refractivity contribution is 7.84. The molecule has 3 N–H and O–H groups in total. The zero-order valence-electron chi connectivity index (χ0n) is 13.4. The first kappa shape index (κ1) is 19.9. The molecule has 0 saturated heterocycles. The van der Waals surface area contributed by atoms with Crippen molar-refractivity contribution in [3.8, 4) is 0 Å². The van der Waals surface area contributed by atoms with Crippen LogP contribution in [0.3, 0.4) is 0 Å². The van der Waals surface area contributed by atoms with E-state index in [0.29, 0.717) is 25.1 Å². The Morgan fingerprint density at radius 2 is 1.90 bits per heavy atom. The molecule has 21 heavy (non-hydrogen) atoms. The highest BCUT2D eigenvalue weighted by Crippen LogP contribution is 2.25. The van der Waals surface area contributed by atoms with E-state index in [1.165, 1.54) is 0 Å². The topological polar surface area (TPSA) is 95.5 Å². The second-order valence-corrected chi connectivity index (χ2v) is 7.73. The molecule has 0 aromatic heterocycles. The van der Waals surface area contributed by atoms with Crippen LogP contribution in [0.2, 0.25) is 0 Å². The number of carbonyl (C=O) groups is 2. The van der Waals surface area contributed by atoms with Crippen LogP contribution in [0.25, 0.3) is 0 Å². The van der Waals surface area contributed by atoms with Crippen molar-refractivity contribution in [1.82, 2.24) is 10.6 Å². The van der Waals surface area contributed by atoms with Crippen LogP contribution in [0, 0.1) is 5.41 Å². The largest absolute Gasteiger partial charge is 0.481 e. The van der Waals surface area contributed by atoms with Crippen LogP contribution in [-0.2, 0) is 15.6 Å². The van der Waals surface area contributed by atoms with Gasteiger partial charge in [0.1, 0.15) is 0 Å². The molecule has 2 atom stereocenters. The molecule has 0 bridgehead atoms. The van der Waals surface area contributed by atoms with Gasteiger partial charge in [-0.2, -0.15) is 0 Å². The molecule has 0 aromatic carbocycles. The summed E-state index contributed by atoms with van der Waals surface area (Å²) in [6.07, 6.45) is 3.78. The van der Waals surface area contributed by atoms with E-state index in [2.05, 4.69) is 10.6 Å². The molecule has 0 spiro atoms. The van der Waals surface area contributed by atoms with Crippen molar-refractivity contribution < 1.29 is 18.9 Å². The van der Waals surface area contributed by atoms with Gasteiger partial charge >= 0.3 is 12.0 Å². The maximum absolute atomic E-state index is 11.7. The molecular weight excluding hydrogens is 292 g/mol. The number of carbonyl (C=O) groups excluding carboxylic acids is 1. The third kappa shape index (κ3) is 12.3. The molecule has 0 aliphatic rings. The highest BCUT2D eigenvalue weighted by Gasteiger charge is 2.19. The number of hydrogen-bond acceptors (Lipinski definition) is 3. The third-order valence-electron chi connectivity index (χ3n) is 3.32. The normalized spacial score (nSPS) is 14.3. The maximum atomic E-state index is 11.7. The van der Waals surface area contributed by atoms with Crippen LogP contribution in [0.4, 0.5) is 4.79 Å². The summed E-state index contributed by atoms with van der Waals surface area (Å²) in [4.78, 5) is 22.2. The Morgan fingerprint density at radius 3 is 2.43 bits per heavy atom. The maximum Gasteiger partial charge on any atom is 0.314 e. The Bertz CT molecular complexity index is 372. The van der Waals surface area contributed by atoms with Gasteiger partial charge in [0.05, 0.1) is 0 Å². The van der Waals surface area contributed by atoms with E-state index in [9.17, 15) is 13.8 Å². The number of aliphatic carboxylic acids is 1. The average molecular weight is 320 g/mol. The van der Waals surface area contributed by atoms with E-state index in [1.54, 1.807) is 6.26 Å². The Kier molecular flexibility index (Phi) is 9.24. The molecule has 2 amide bonds. The number of rotatable bonds is 10. The molecule has 124 valence electrons. The van der Waals surface area contributed by atoms with Crippen LogP contribution < -0.4 is 10.6 Å². The number of nitrogens with one attached hydrogen (secondary N) is 2. The quantitative estimate of drug-likeness (QED) is 0.571. The van der Waals surface area contributed by atoms with Crippen LogP contribution in [0.15, 0.2) is 0 Å². The smallest absolute Gasteiger partial charge is 0.314 e. The fraction of sp³-hybridized carbons (Fsp3) is 0.857. The van der Waals surface area contributed by atoms with E-state index >= 15 is 0 Å². The lowest BCUT2D eigenvalue weighted by Gasteiger charge is -2.24. The monoisotopic (exact) mass is 320 g/mol. The number of carboxylic acid groups (broad SMARTS) is 1. The average Bonchev–Trinajstić information content (AvgIpc) is 2.34. The van der Waals surface area contributed by atoms with Crippen molar-refractivity contribution in [2.75, 3.05) is 18.6 Å². The van der Waals surface area contributed by atoms with Gasteiger partial charge in [0.25, 0.3) is 0 Å². The molecule has 0 heterocycles. The standard InChI is InChI=1S/C14H28N2O4S/c1-11(6-10-21(4)20)16-13(19)15-9-8-14(2,3)7-5-12(17)18/h11H,5-10H2,1-4H3,(H,17,18)(H2,15,16,19). The second kappa shape index (κ2) is 9.76. The summed E-state index contributed by atoms with van der Waals surface area (Å²) in [6.45, 7) is 6.37. The summed E-state index contributed by atoms with van der Waals surface area (Å²) in [7, 11) is -0.844. The molecule has 0 aliphatic heterocycles. The Balaban J connectivity index is 3.87. The molecular formula is C14H28N2O4S. The first-order valence-electron chi connectivity index (χ1n) is 7.18. The molecule has 0 aromatic rings. The van der Waals surface area contributed by atoms with Crippen molar-refractivity contribution in [3.63, 3.8) is 0 Å². The fourth-order valence-electron chi connectivity index (χ4n) is 1.77. The predicted octanol–water partition coefficient (Wildman–Crippen LogP) is 1.72. The highest BCUT2D eigenvalue weighted by atomic mass is 32.2. The molecule has 0 aliphatic carbocycles. The number of urea groups is 1. The number of hydrogen-bond donors (Lipinski definition) is 3. The van der Waals surface area contributed by atoms with Crippen molar-refractivity contribution in [3.05, 3.63) is 0 Å². The Hall–Kier alpha value is -1.11. The van der Waals surface area contributed by atoms with Gasteiger partial charge < -0.3 is 15.7 Å². The summed E-state index contributed by atoms with van der Waals surface area (Å²) >= 11 is 0. The minimum atomic E-state index is -0.844. The van der Waals surface area contributed by atoms with Crippen LogP contribution in [-0.4, -0.2) is 45.9 Å². The van der Waals surface area contributed by atoms with E-state index in [0.717, 1.165) is 6.42 Å². The van der Waals surface area contributed by atoms with Crippen molar-refractivity contribution in [1.29, 1.82) is 0 Å². The summed E-state index contributed by atoms with van der Waals surface area (Å²) in [5.41, 5.74) is -0.115. The van der Waals surface area contributed by atoms with Gasteiger partial charge in [-0.3, -0.25) is 9.00 Å². The lowest BCUT2D eigenvalue weighted by Crippen LogP contribution is -2.42. The zero-order valence-corrected chi connectivity index (χ0v) is 14.2. The number of amides is 2. The van der Waals surface area contributed by atoms with Crippen molar-refractivity contribution in [2.24, 2.45) is 5.41 Å². The first-order valence-corrected chi connectivity index (χ1v) is 8.91. The molecule has 0 rings (SSSR count). The van der Waals surface area contributed by atoms with Crippen molar-refractivity contribution >= 4 is 22.8 Å². The predicted molar refractivity (Wildman–Crippen MR) is 84.8 cm³/mol. The van der Waals surface area contributed by atoms with Crippen LogP contribution >= 0.6 is 0 Å². The fourth-order valence-corrected chi connectivity index (χ4v) is 2.46. The Morgan fingerprint density at radius 1 is 1.29 bits per heavy atom. The zero-order chi connectivity index (χ0) is 16.5. The lowest BCUT2D eigenvalue weighted by molar-refractivity contribution is -0.137. The molecule has 0 radical (unpaired) electrons. The molecule has 0 fully saturated rings. The van der Waals surface area contributed by atoms with Gasteiger partial charge in [-0.25, -0.2) is 4.79 Å².